The number of benzene rings is 2. The van der Waals surface area contributed by atoms with Crippen LogP contribution in [0, 0.1) is 11.8 Å². The number of carbonyl (C=O) groups excluding carboxylic acids is 1. The standard InChI is InChI=1S/C23H23F3O3S/c1-15(2)22(27)28-13-16(12-23(24,25)26)14-30-19-9-8-18-10-20(29-21(18)11-19)17-6-4-3-5-7-17/h3-11,15-16H,12-14H2,1-2H3. The topological polar surface area (TPSA) is 39.4 Å². The molecular formula is C23H23F3O3S. The lowest BCUT2D eigenvalue weighted by molar-refractivity contribution is -0.158. The Labute approximate surface area is 177 Å². The number of thioether (sulfide) groups is 1. The maximum Gasteiger partial charge on any atom is 0.389 e. The average molecular weight is 436 g/mol. The highest BCUT2D eigenvalue weighted by Gasteiger charge is 2.32. The van der Waals surface area contributed by atoms with Gasteiger partial charge in [0.25, 0.3) is 0 Å². The quantitative estimate of drug-likeness (QED) is 0.283. The second-order valence-corrected chi connectivity index (χ2v) is 8.55. The Morgan fingerprint density at radius 1 is 1.10 bits per heavy atom. The van der Waals surface area contributed by atoms with E-state index in [0.29, 0.717) is 5.58 Å². The van der Waals surface area contributed by atoms with Gasteiger partial charge in [0.15, 0.2) is 0 Å². The van der Waals surface area contributed by atoms with Crippen molar-refractivity contribution in [1.29, 1.82) is 0 Å². The van der Waals surface area contributed by atoms with Gasteiger partial charge >= 0.3 is 12.1 Å². The maximum absolute atomic E-state index is 12.9. The number of ether oxygens (including phenoxy) is 1. The molecule has 7 heteroatoms. The van der Waals surface area contributed by atoms with Crippen molar-refractivity contribution in [3.05, 3.63) is 54.6 Å². The van der Waals surface area contributed by atoms with Crippen molar-refractivity contribution in [3.8, 4) is 11.3 Å². The van der Waals surface area contributed by atoms with Gasteiger partial charge in [-0.15, -0.1) is 11.8 Å². The highest BCUT2D eigenvalue weighted by Crippen LogP contribution is 2.33. The number of hydrogen-bond donors (Lipinski definition) is 0. The van der Waals surface area contributed by atoms with Crippen molar-refractivity contribution in [2.24, 2.45) is 11.8 Å². The molecule has 0 saturated heterocycles. The Hall–Kier alpha value is -2.41. The molecule has 1 unspecified atom stereocenters. The summed E-state index contributed by atoms with van der Waals surface area (Å²) >= 11 is 1.30. The zero-order chi connectivity index (χ0) is 21.7. The molecule has 0 radical (unpaired) electrons. The van der Waals surface area contributed by atoms with E-state index in [9.17, 15) is 18.0 Å². The fourth-order valence-corrected chi connectivity index (χ4v) is 3.92. The molecule has 3 rings (SSSR count). The first-order valence-corrected chi connectivity index (χ1v) is 10.6. The largest absolute Gasteiger partial charge is 0.465 e. The third kappa shape index (κ3) is 6.29. The van der Waals surface area contributed by atoms with Crippen LogP contribution in [0.25, 0.3) is 22.3 Å². The molecular weight excluding hydrogens is 413 g/mol. The SMILES string of the molecule is CC(C)C(=O)OCC(CSc1ccc2cc(-c3ccccc3)oc2c1)CC(F)(F)F. The molecule has 0 spiro atoms. The van der Waals surface area contributed by atoms with Gasteiger partial charge in [-0.1, -0.05) is 44.2 Å². The molecule has 3 nitrogen and oxygen atoms in total. The average Bonchev–Trinajstić information content (AvgIpc) is 3.12. The summed E-state index contributed by atoms with van der Waals surface area (Å²) in [5, 5.41) is 0.927. The molecule has 160 valence electrons. The molecule has 2 aromatic carbocycles. The van der Waals surface area contributed by atoms with Crippen molar-refractivity contribution in [3.63, 3.8) is 0 Å². The van der Waals surface area contributed by atoms with E-state index in [1.54, 1.807) is 13.8 Å². The fourth-order valence-electron chi connectivity index (χ4n) is 2.92. The summed E-state index contributed by atoms with van der Waals surface area (Å²) in [5.74, 6) is -0.752. The third-order valence-corrected chi connectivity index (χ3v) is 5.71. The number of rotatable bonds is 8. The molecule has 0 fully saturated rings. The molecule has 0 bridgehead atoms. The minimum Gasteiger partial charge on any atom is -0.465 e. The van der Waals surface area contributed by atoms with Crippen LogP contribution in [-0.4, -0.2) is 24.5 Å². The lowest BCUT2D eigenvalue weighted by atomic mass is 10.1. The zero-order valence-corrected chi connectivity index (χ0v) is 17.6. The summed E-state index contributed by atoms with van der Waals surface area (Å²) in [6.45, 7) is 3.06. The summed E-state index contributed by atoms with van der Waals surface area (Å²) < 4.78 is 49.7. The van der Waals surface area contributed by atoms with E-state index in [-0.39, 0.29) is 18.3 Å². The molecule has 0 aliphatic heterocycles. The van der Waals surface area contributed by atoms with Crippen LogP contribution in [0.5, 0.6) is 0 Å². The summed E-state index contributed by atoms with van der Waals surface area (Å²) in [5.41, 5.74) is 1.64. The number of hydrogen-bond acceptors (Lipinski definition) is 4. The zero-order valence-electron chi connectivity index (χ0n) is 16.7. The molecule has 30 heavy (non-hydrogen) atoms. The Morgan fingerprint density at radius 3 is 2.50 bits per heavy atom. The summed E-state index contributed by atoms with van der Waals surface area (Å²) in [4.78, 5) is 12.4. The normalized spacial score (nSPS) is 13.0. The third-order valence-electron chi connectivity index (χ3n) is 4.49. The van der Waals surface area contributed by atoms with Crippen molar-refractivity contribution < 1.29 is 27.1 Å². The predicted octanol–water partition coefficient (Wildman–Crippen LogP) is 6.96. The lowest BCUT2D eigenvalue weighted by Gasteiger charge is -2.19. The van der Waals surface area contributed by atoms with Gasteiger partial charge in [0, 0.05) is 27.5 Å². The molecule has 3 aromatic rings. The Bertz CT molecular complexity index is 980. The summed E-state index contributed by atoms with van der Waals surface area (Å²) in [6.07, 6.45) is -5.31. The van der Waals surface area contributed by atoms with Gasteiger partial charge in [0.2, 0.25) is 0 Å². The van der Waals surface area contributed by atoms with Gasteiger partial charge < -0.3 is 9.15 Å². The van der Waals surface area contributed by atoms with Crippen LogP contribution in [0.2, 0.25) is 0 Å². The number of alkyl halides is 3. The van der Waals surface area contributed by atoms with Crippen LogP contribution >= 0.6 is 11.8 Å². The van der Waals surface area contributed by atoms with Crippen LogP contribution < -0.4 is 0 Å². The molecule has 1 heterocycles. The maximum atomic E-state index is 12.9. The van der Waals surface area contributed by atoms with E-state index < -0.39 is 24.5 Å². The van der Waals surface area contributed by atoms with Crippen LogP contribution in [0.15, 0.2) is 63.9 Å². The van der Waals surface area contributed by atoms with Crippen LogP contribution in [-0.2, 0) is 9.53 Å². The number of carbonyl (C=O) groups is 1. The minimum atomic E-state index is -4.31. The minimum absolute atomic E-state index is 0.183. The van der Waals surface area contributed by atoms with Gasteiger partial charge in [-0.2, -0.15) is 13.2 Å². The second-order valence-electron chi connectivity index (χ2n) is 7.46. The summed E-state index contributed by atoms with van der Waals surface area (Å²) in [6, 6.07) is 17.2. The molecule has 1 atom stereocenters. The lowest BCUT2D eigenvalue weighted by Crippen LogP contribution is -2.24. The smallest absolute Gasteiger partial charge is 0.389 e. The van der Waals surface area contributed by atoms with Crippen molar-refractivity contribution in [2.75, 3.05) is 12.4 Å². The molecule has 1 aromatic heterocycles. The fraction of sp³-hybridized carbons (Fsp3) is 0.348. The first-order valence-electron chi connectivity index (χ1n) is 9.66. The van der Waals surface area contributed by atoms with Crippen molar-refractivity contribution in [2.45, 2.75) is 31.3 Å². The number of halogens is 3. The number of esters is 1. The molecule has 0 amide bonds. The van der Waals surface area contributed by atoms with Gasteiger partial charge in [0.1, 0.15) is 11.3 Å². The Kier molecular flexibility index (Phi) is 7.13. The Morgan fingerprint density at radius 2 is 1.83 bits per heavy atom. The van der Waals surface area contributed by atoms with Gasteiger partial charge in [-0.3, -0.25) is 4.79 Å². The highest BCUT2D eigenvalue weighted by molar-refractivity contribution is 7.99. The predicted molar refractivity (Wildman–Crippen MR) is 112 cm³/mol. The first-order chi connectivity index (χ1) is 14.2. The molecule has 0 aliphatic rings. The van der Waals surface area contributed by atoms with Gasteiger partial charge in [-0.05, 0) is 24.3 Å². The van der Waals surface area contributed by atoms with E-state index in [4.69, 9.17) is 9.15 Å². The second kappa shape index (κ2) is 9.60. The van der Waals surface area contributed by atoms with E-state index in [1.165, 1.54) is 11.8 Å². The number of furan rings is 1. The van der Waals surface area contributed by atoms with E-state index in [1.807, 2.05) is 54.6 Å². The summed E-state index contributed by atoms with van der Waals surface area (Å²) in [7, 11) is 0. The van der Waals surface area contributed by atoms with E-state index in [0.717, 1.165) is 21.6 Å². The highest BCUT2D eigenvalue weighted by atomic mass is 32.2. The van der Waals surface area contributed by atoms with Crippen molar-refractivity contribution in [1.82, 2.24) is 0 Å². The first kappa shape index (κ1) is 22.3. The van der Waals surface area contributed by atoms with Crippen LogP contribution in [0.4, 0.5) is 13.2 Å². The van der Waals surface area contributed by atoms with Crippen LogP contribution in [0.3, 0.4) is 0 Å². The van der Waals surface area contributed by atoms with E-state index in [2.05, 4.69) is 0 Å². The Balaban J connectivity index is 1.68. The van der Waals surface area contributed by atoms with E-state index >= 15 is 0 Å². The number of fused-ring (bicyclic) bond motifs is 1. The van der Waals surface area contributed by atoms with Gasteiger partial charge in [0.05, 0.1) is 18.9 Å². The van der Waals surface area contributed by atoms with Gasteiger partial charge in [-0.25, -0.2) is 0 Å². The molecule has 0 saturated carbocycles. The van der Waals surface area contributed by atoms with Crippen LogP contribution in [0.1, 0.15) is 20.3 Å². The molecule has 0 N–H and O–H groups in total. The van der Waals surface area contributed by atoms with Crippen molar-refractivity contribution >= 4 is 28.7 Å². The monoisotopic (exact) mass is 436 g/mol. The molecule has 0 aliphatic carbocycles.